The maximum Gasteiger partial charge on any atom is 0.300 e. The molecular formula is C8H9N3O4S. The van der Waals surface area contributed by atoms with Gasteiger partial charge in [0.1, 0.15) is 0 Å². The number of nitrogens with zero attached hydrogens (tertiary/aromatic N) is 2. The molecule has 0 spiro atoms. The van der Waals surface area contributed by atoms with E-state index < -0.39 is 15.9 Å². The van der Waals surface area contributed by atoms with Crippen LogP contribution >= 0.6 is 0 Å². The molecule has 0 atom stereocenters. The second kappa shape index (κ2) is 4.34. The van der Waals surface area contributed by atoms with Crippen molar-refractivity contribution in [1.82, 2.24) is 9.62 Å². The lowest BCUT2D eigenvalue weighted by molar-refractivity contribution is 0.0940. The molecule has 0 aliphatic carbocycles. The number of rotatable bonds is 3. The molecule has 0 radical (unpaired) electrons. The van der Waals surface area contributed by atoms with Gasteiger partial charge in [-0.05, 0) is 12.1 Å². The number of nitriles is 1. The van der Waals surface area contributed by atoms with Crippen molar-refractivity contribution in [1.29, 1.82) is 5.26 Å². The summed E-state index contributed by atoms with van der Waals surface area (Å²) in [5.74, 6) is -1.02. The summed E-state index contributed by atoms with van der Waals surface area (Å²) in [4.78, 5) is 11.1. The van der Waals surface area contributed by atoms with Gasteiger partial charge in [-0.15, -0.1) is 0 Å². The van der Waals surface area contributed by atoms with Crippen molar-refractivity contribution in [3.63, 3.8) is 0 Å². The molecule has 1 aromatic heterocycles. The molecule has 0 aliphatic heterocycles. The summed E-state index contributed by atoms with van der Waals surface area (Å²) in [5, 5.41) is 9.68. The van der Waals surface area contributed by atoms with Gasteiger partial charge in [-0.3, -0.25) is 10.1 Å². The van der Waals surface area contributed by atoms with E-state index in [9.17, 15) is 13.2 Å². The Balaban J connectivity index is 3.06. The first-order chi connectivity index (χ1) is 7.39. The molecule has 8 heteroatoms. The minimum atomic E-state index is -3.70. The van der Waals surface area contributed by atoms with E-state index in [1.807, 2.05) is 5.32 Å². The summed E-state index contributed by atoms with van der Waals surface area (Å²) >= 11 is 0. The molecule has 16 heavy (non-hydrogen) atoms. The van der Waals surface area contributed by atoms with Crippen LogP contribution in [0.3, 0.4) is 0 Å². The molecule has 0 aromatic carbocycles. The van der Waals surface area contributed by atoms with Crippen molar-refractivity contribution in [2.24, 2.45) is 0 Å². The highest BCUT2D eigenvalue weighted by molar-refractivity contribution is 7.88. The lowest BCUT2D eigenvalue weighted by atomic mass is 10.4. The third-order valence-corrected chi connectivity index (χ3v) is 3.40. The minimum absolute atomic E-state index is 0.234. The van der Waals surface area contributed by atoms with Gasteiger partial charge < -0.3 is 4.42 Å². The number of carbonyl (C=O) groups excluding carboxylic acids is 1. The Labute approximate surface area is 92.3 Å². The van der Waals surface area contributed by atoms with E-state index in [1.165, 1.54) is 26.4 Å². The van der Waals surface area contributed by atoms with Crippen LogP contribution in [0.25, 0.3) is 0 Å². The topological polar surface area (TPSA) is 103 Å². The second-order valence-corrected chi connectivity index (χ2v) is 5.05. The number of nitrogens with one attached hydrogen (secondary N) is 1. The lowest BCUT2D eigenvalue weighted by Crippen LogP contribution is -2.22. The molecule has 0 saturated heterocycles. The summed E-state index contributed by atoms with van der Waals surface area (Å²) in [6.07, 6.45) is 1.42. The number of furan rings is 1. The molecule has 1 N–H and O–H groups in total. The molecular weight excluding hydrogens is 234 g/mol. The fraction of sp³-hybridized carbons (Fsp3) is 0.250. The van der Waals surface area contributed by atoms with E-state index in [0.29, 0.717) is 0 Å². The van der Waals surface area contributed by atoms with Gasteiger partial charge >= 0.3 is 0 Å². The average molecular weight is 243 g/mol. The van der Waals surface area contributed by atoms with Crippen LogP contribution in [-0.4, -0.2) is 32.7 Å². The Bertz CT molecular complexity index is 538. The van der Waals surface area contributed by atoms with E-state index >= 15 is 0 Å². The maximum absolute atomic E-state index is 11.6. The van der Waals surface area contributed by atoms with E-state index in [2.05, 4.69) is 0 Å². The van der Waals surface area contributed by atoms with Gasteiger partial charge in [0.2, 0.25) is 5.09 Å². The Morgan fingerprint density at radius 3 is 2.62 bits per heavy atom. The van der Waals surface area contributed by atoms with Crippen molar-refractivity contribution in [3.8, 4) is 6.19 Å². The van der Waals surface area contributed by atoms with Crippen molar-refractivity contribution in [2.45, 2.75) is 5.09 Å². The number of sulfonamides is 1. The van der Waals surface area contributed by atoms with Gasteiger partial charge in [0.25, 0.3) is 15.9 Å². The van der Waals surface area contributed by atoms with Crippen LogP contribution in [0, 0.1) is 11.5 Å². The summed E-state index contributed by atoms with van der Waals surface area (Å²) < 4.78 is 28.9. The van der Waals surface area contributed by atoms with Crippen molar-refractivity contribution >= 4 is 15.9 Å². The Morgan fingerprint density at radius 2 is 2.12 bits per heavy atom. The van der Waals surface area contributed by atoms with E-state index in [0.717, 1.165) is 10.4 Å². The zero-order valence-corrected chi connectivity index (χ0v) is 9.41. The first-order valence-electron chi connectivity index (χ1n) is 4.11. The van der Waals surface area contributed by atoms with Crippen LogP contribution in [0.1, 0.15) is 10.6 Å². The number of carbonyl (C=O) groups is 1. The van der Waals surface area contributed by atoms with Crippen molar-refractivity contribution < 1.29 is 17.6 Å². The first-order valence-corrected chi connectivity index (χ1v) is 5.55. The highest BCUT2D eigenvalue weighted by atomic mass is 32.2. The molecule has 1 heterocycles. The normalized spacial score (nSPS) is 11.1. The largest absolute Gasteiger partial charge is 0.438 e. The molecule has 0 aliphatic rings. The summed E-state index contributed by atoms with van der Waals surface area (Å²) in [6, 6.07) is 2.34. The molecule has 7 nitrogen and oxygen atoms in total. The van der Waals surface area contributed by atoms with Gasteiger partial charge in [0.15, 0.2) is 12.0 Å². The Morgan fingerprint density at radius 1 is 1.50 bits per heavy atom. The van der Waals surface area contributed by atoms with Gasteiger partial charge in [-0.1, -0.05) is 0 Å². The zero-order valence-electron chi connectivity index (χ0n) is 8.59. The smallest absolute Gasteiger partial charge is 0.300 e. The molecule has 1 amide bonds. The molecule has 0 unspecified atom stereocenters. The zero-order chi connectivity index (χ0) is 12.3. The van der Waals surface area contributed by atoms with Crippen LogP contribution in [0.5, 0.6) is 0 Å². The fourth-order valence-electron chi connectivity index (χ4n) is 0.873. The van der Waals surface area contributed by atoms with Crippen LogP contribution < -0.4 is 5.32 Å². The summed E-state index contributed by atoms with van der Waals surface area (Å²) in [5.41, 5.74) is 0. The van der Waals surface area contributed by atoms with Gasteiger partial charge in [-0.25, -0.2) is 12.7 Å². The molecule has 1 aromatic rings. The van der Waals surface area contributed by atoms with Crippen molar-refractivity contribution in [2.75, 3.05) is 14.1 Å². The molecule has 1 rings (SSSR count). The summed E-state index contributed by atoms with van der Waals surface area (Å²) in [7, 11) is -1.02. The molecule has 86 valence electrons. The predicted octanol–water partition coefficient (Wildman–Crippen LogP) is -0.259. The van der Waals surface area contributed by atoms with Gasteiger partial charge in [0.05, 0.1) is 0 Å². The highest BCUT2D eigenvalue weighted by Crippen LogP contribution is 2.16. The van der Waals surface area contributed by atoms with Crippen molar-refractivity contribution in [3.05, 3.63) is 17.9 Å². The highest BCUT2D eigenvalue weighted by Gasteiger charge is 2.23. The fourth-order valence-corrected chi connectivity index (χ4v) is 1.67. The SMILES string of the molecule is CN(C)S(=O)(=O)c1ccc(C(=O)NC#N)o1. The van der Waals surface area contributed by atoms with Crippen LogP contribution in [0.2, 0.25) is 0 Å². The number of hydrogen-bond donors (Lipinski definition) is 1. The molecule has 0 bridgehead atoms. The van der Waals surface area contributed by atoms with Gasteiger partial charge in [0, 0.05) is 14.1 Å². The van der Waals surface area contributed by atoms with Crippen LogP contribution in [0.4, 0.5) is 0 Å². The lowest BCUT2D eigenvalue weighted by Gasteiger charge is -2.07. The predicted molar refractivity (Wildman–Crippen MR) is 52.7 cm³/mol. The number of hydrogen-bond acceptors (Lipinski definition) is 5. The van der Waals surface area contributed by atoms with E-state index in [1.54, 1.807) is 0 Å². The first kappa shape index (κ1) is 12.2. The quantitative estimate of drug-likeness (QED) is 0.582. The van der Waals surface area contributed by atoms with E-state index in [-0.39, 0.29) is 10.9 Å². The summed E-state index contributed by atoms with van der Waals surface area (Å²) in [6.45, 7) is 0. The van der Waals surface area contributed by atoms with Crippen LogP contribution in [0.15, 0.2) is 21.6 Å². The van der Waals surface area contributed by atoms with Gasteiger partial charge in [-0.2, -0.15) is 5.26 Å². The number of amides is 1. The standard InChI is InChI=1S/C8H9N3O4S/c1-11(2)16(13,14)7-4-3-6(15-7)8(12)10-5-9/h3-4H,1-2H3,(H,10,12). The Kier molecular flexibility index (Phi) is 3.31. The second-order valence-electron chi connectivity index (χ2n) is 2.97. The third kappa shape index (κ3) is 2.21. The molecule has 0 fully saturated rings. The maximum atomic E-state index is 11.6. The van der Waals surface area contributed by atoms with E-state index in [4.69, 9.17) is 9.68 Å². The van der Waals surface area contributed by atoms with Crippen LogP contribution in [-0.2, 0) is 10.0 Å². The molecule has 0 saturated carbocycles. The monoisotopic (exact) mass is 243 g/mol. The third-order valence-electron chi connectivity index (χ3n) is 1.71. The average Bonchev–Trinajstić information content (AvgIpc) is 2.67. The minimum Gasteiger partial charge on any atom is -0.438 e. The Hall–Kier alpha value is -1.85.